The summed E-state index contributed by atoms with van der Waals surface area (Å²) in [5.74, 6) is 0.595. The SMILES string of the molecule is COC[C@@H]1CCC(=O)N1[C@H]1c2cc(C#N)ccc2OC(C)(C)[C@@H]1O. The molecule has 1 saturated heterocycles. The fraction of sp³-hybridized carbons (Fsp3) is 0.556. The lowest BCUT2D eigenvalue weighted by Gasteiger charge is -2.46. The van der Waals surface area contributed by atoms with Crippen molar-refractivity contribution < 1.29 is 19.4 Å². The van der Waals surface area contributed by atoms with E-state index in [1.807, 2.05) is 0 Å². The Balaban J connectivity index is 2.11. The maximum Gasteiger partial charge on any atom is 0.223 e. The standard InChI is InChI=1S/C18H22N2O4/c1-18(2)17(22)16(20-12(10-23-3)5-7-15(20)21)13-8-11(9-19)4-6-14(13)24-18/h4,6,8,12,16-17,22H,5,7,10H2,1-3H3/t12-,16-,17+/m0/s1. The molecule has 1 N–H and O–H groups in total. The third-order valence-electron chi connectivity index (χ3n) is 4.87. The van der Waals surface area contributed by atoms with Gasteiger partial charge in [0, 0.05) is 19.1 Å². The second-order valence-electron chi connectivity index (χ2n) is 6.91. The largest absolute Gasteiger partial charge is 0.485 e. The van der Waals surface area contributed by atoms with Crippen LogP contribution in [0.25, 0.3) is 0 Å². The number of likely N-dealkylation sites (tertiary alicyclic amines) is 1. The van der Waals surface area contributed by atoms with E-state index in [0.29, 0.717) is 36.3 Å². The van der Waals surface area contributed by atoms with Crippen LogP contribution >= 0.6 is 0 Å². The van der Waals surface area contributed by atoms with Gasteiger partial charge in [0.15, 0.2) is 0 Å². The Kier molecular flexibility index (Phi) is 4.24. The number of rotatable bonds is 3. The van der Waals surface area contributed by atoms with Gasteiger partial charge in [-0.15, -0.1) is 0 Å². The summed E-state index contributed by atoms with van der Waals surface area (Å²) in [6, 6.07) is 6.59. The van der Waals surface area contributed by atoms with Gasteiger partial charge in [-0.2, -0.15) is 5.26 Å². The molecular weight excluding hydrogens is 308 g/mol. The van der Waals surface area contributed by atoms with Crippen molar-refractivity contribution in [2.75, 3.05) is 13.7 Å². The molecule has 0 aliphatic carbocycles. The van der Waals surface area contributed by atoms with E-state index in [2.05, 4.69) is 6.07 Å². The summed E-state index contributed by atoms with van der Waals surface area (Å²) in [6.07, 6.45) is 0.233. The molecular formula is C18H22N2O4. The number of ether oxygens (including phenoxy) is 2. The van der Waals surface area contributed by atoms with E-state index in [4.69, 9.17) is 9.47 Å². The minimum atomic E-state index is -0.902. The van der Waals surface area contributed by atoms with E-state index >= 15 is 0 Å². The van der Waals surface area contributed by atoms with Crippen LogP contribution in [0.15, 0.2) is 18.2 Å². The molecule has 6 heteroatoms. The van der Waals surface area contributed by atoms with Gasteiger partial charge in [0.1, 0.15) is 17.5 Å². The average molecular weight is 330 g/mol. The Morgan fingerprint density at radius 3 is 2.92 bits per heavy atom. The molecule has 1 fully saturated rings. The Hall–Kier alpha value is -2.10. The number of carbonyl (C=O) groups excluding carboxylic acids is 1. The van der Waals surface area contributed by atoms with Crippen molar-refractivity contribution in [2.45, 2.75) is 50.5 Å². The van der Waals surface area contributed by atoms with Crippen LogP contribution in [0.4, 0.5) is 0 Å². The van der Waals surface area contributed by atoms with Crippen molar-refractivity contribution in [1.29, 1.82) is 5.26 Å². The zero-order valence-electron chi connectivity index (χ0n) is 14.2. The minimum absolute atomic E-state index is 0.00730. The molecule has 1 amide bonds. The molecule has 24 heavy (non-hydrogen) atoms. The van der Waals surface area contributed by atoms with E-state index in [1.165, 1.54) is 0 Å². The Bertz CT molecular complexity index is 695. The molecule has 0 saturated carbocycles. The number of aliphatic hydroxyl groups is 1. The molecule has 0 unspecified atom stereocenters. The molecule has 3 rings (SSSR count). The van der Waals surface area contributed by atoms with Gasteiger partial charge in [-0.3, -0.25) is 4.79 Å². The van der Waals surface area contributed by atoms with Gasteiger partial charge in [-0.25, -0.2) is 0 Å². The molecule has 6 nitrogen and oxygen atoms in total. The molecule has 2 aliphatic heterocycles. The van der Waals surface area contributed by atoms with E-state index in [9.17, 15) is 15.2 Å². The lowest BCUT2D eigenvalue weighted by atomic mass is 9.84. The molecule has 0 bridgehead atoms. The normalized spacial score (nSPS) is 28.2. The van der Waals surface area contributed by atoms with Gasteiger partial charge < -0.3 is 19.5 Å². The highest BCUT2D eigenvalue weighted by Gasteiger charge is 2.49. The summed E-state index contributed by atoms with van der Waals surface area (Å²) in [5.41, 5.74) is 0.313. The van der Waals surface area contributed by atoms with Gasteiger partial charge >= 0.3 is 0 Å². The lowest BCUT2D eigenvalue weighted by Crippen LogP contribution is -2.55. The monoisotopic (exact) mass is 330 g/mol. The average Bonchev–Trinajstić information content (AvgIpc) is 2.89. The van der Waals surface area contributed by atoms with Gasteiger partial charge in [0.05, 0.1) is 30.3 Å². The first kappa shape index (κ1) is 16.7. The van der Waals surface area contributed by atoms with Gasteiger partial charge in [-0.1, -0.05) is 0 Å². The van der Waals surface area contributed by atoms with Crippen LogP contribution in [0, 0.1) is 11.3 Å². The lowest BCUT2D eigenvalue weighted by molar-refractivity contribution is -0.144. The van der Waals surface area contributed by atoms with Crippen molar-refractivity contribution >= 4 is 5.91 Å². The number of methoxy groups -OCH3 is 1. The number of benzene rings is 1. The van der Waals surface area contributed by atoms with E-state index in [1.54, 1.807) is 44.1 Å². The first-order valence-corrected chi connectivity index (χ1v) is 8.10. The number of amides is 1. The van der Waals surface area contributed by atoms with Crippen LogP contribution in [0.5, 0.6) is 5.75 Å². The molecule has 0 radical (unpaired) electrons. The number of nitrogens with zero attached hydrogens (tertiary/aromatic N) is 2. The minimum Gasteiger partial charge on any atom is -0.485 e. The van der Waals surface area contributed by atoms with Crippen molar-refractivity contribution in [3.63, 3.8) is 0 Å². The number of fused-ring (bicyclic) bond motifs is 1. The summed E-state index contributed by atoms with van der Waals surface area (Å²) >= 11 is 0. The molecule has 2 heterocycles. The molecule has 2 aliphatic rings. The molecule has 0 spiro atoms. The van der Waals surface area contributed by atoms with Crippen LogP contribution < -0.4 is 4.74 Å². The predicted molar refractivity (Wildman–Crippen MR) is 86.4 cm³/mol. The summed E-state index contributed by atoms with van der Waals surface area (Å²) in [5, 5.41) is 20.1. The van der Waals surface area contributed by atoms with Gasteiger partial charge in [0.25, 0.3) is 0 Å². The summed E-state index contributed by atoms with van der Waals surface area (Å²) in [4.78, 5) is 14.3. The Labute approximate surface area is 141 Å². The van der Waals surface area contributed by atoms with E-state index in [-0.39, 0.29) is 11.9 Å². The molecule has 1 aromatic carbocycles. The molecule has 1 aromatic rings. The maximum absolute atomic E-state index is 12.5. The number of carbonyl (C=O) groups is 1. The summed E-state index contributed by atoms with van der Waals surface area (Å²) in [7, 11) is 1.60. The highest BCUT2D eigenvalue weighted by Crippen LogP contribution is 2.45. The zero-order valence-corrected chi connectivity index (χ0v) is 14.2. The smallest absolute Gasteiger partial charge is 0.223 e. The zero-order chi connectivity index (χ0) is 17.5. The Morgan fingerprint density at radius 2 is 2.25 bits per heavy atom. The molecule has 3 atom stereocenters. The number of aliphatic hydroxyl groups excluding tert-OH is 1. The number of nitriles is 1. The highest BCUT2D eigenvalue weighted by molar-refractivity contribution is 5.79. The fourth-order valence-corrected chi connectivity index (χ4v) is 3.64. The third kappa shape index (κ3) is 2.64. The summed E-state index contributed by atoms with van der Waals surface area (Å²) < 4.78 is 11.2. The van der Waals surface area contributed by atoms with Crippen LogP contribution in [-0.2, 0) is 9.53 Å². The second kappa shape index (κ2) is 6.08. The maximum atomic E-state index is 12.5. The first-order valence-electron chi connectivity index (χ1n) is 8.10. The van der Waals surface area contributed by atoms with Gasteiger partial charge in [0.2, 0.25) is 5.91 Å². The van der Waals surface area contributed by atoms with Crippen LogP contribution in [0.1, 0.15) is 43.9 Å². The number of hydrogen-bond donors (Lipinski definition) is 1. The molecule has 128 valence electrons. The Morgan fingerprint density at radius 1 is 1.50 bits per heavy atom. The van der Waals surface area contributed by atoms with E-state index in [0.717, 1.165) is 0 Å². The topological polar surface area (TPSA) is 82.8 Å². The number of hydrogen-bond acceptors (Lipinski definition) is 5. The second-order valence-corrected chi connectivity index (χ2v) is 6.91. The van der Waals surface area contributed by atoms with E-state index < -0.39 is 17.7 Å². The quantitative estimate of drug-likeness (QED) is 0.913. The highest BCUT2D eigenvalue weighted by atomic mass is 16.5. The van der Waals surface area contributed by atoms with Crippen LogP contribution in [0.2, 0.25) is 0 Å². The van der Waals surface area contributed by atoms with Crippen LogP contribution in [-0.4, -0.2) is 47.4 Å². The third-order valence-corrected chi connectivity index (χ3v) is 4.87. The summed E-state index contributed by atoms with van der Waals surface area (Å²) in [6.45, 7) is 4.03. The van der Waals surface area contributed by atoms with Crippen molar-refractivity contribution in [3.8, 4) is 11.8 Å². The fourth-order valence-electron chi connectivity index (χ4n) is 3.64. The van der Waals surface area contributed by atoms with Crippen molar-refractivity contribution in [2.24, 2.45) is 0 Å². The molecule has 0 aromatic heterocycles. The first-order chi connectivity index (χ1) is 11.4. The predicted octanol–water partition coefficient (Wildman–Crippen LogP) is 1.77. The van der Waals surface area contributed by atoms with Gasteiger partial charge in [-0.05, 0) is 38.5 Å². The van der Waals surface area contributed by atoms with Crippen LogP contribution in [0.3, 0.4) is 0 Å². The van der Waals surface area contributed by atoms with Crippen molar-refractivity contribution in [1.82, 2.24) is 4.90 Å². The van der Waals surface area contributed by atoms with Crippen molar-refractivity contribution in [3.05, 3.63) is 29.3 Å².